The van der Waals surface area contributed by atoms with Gasteiger partial charge in [0.05, 0.1) is 6.61 Å². The Morgan fingerprint density at radius 3 is 2.67 bits per heavy atom. The maximum absolute atomic E-state index is 5.80. The molecule has 1 aromatic carbocycles. The number of unbranched alkanes of at least 4 members (excludes halogenated alkanes) is 1. The third-order valence-corrected chi connectivity index (χ3v) is 3.27. The molecule has 1 aromatic rings. The van der Waals surface area contributed by atoms with Gasteiger partial charge in [-0.25, -0.2) is 0 Å². The number of hydrogen-bond acceptors (Lipinski definition) is 1. The predicted molar refractivity (Wildman–Crippen MR) is 71.9 cm³/mol. The topological polar surface area (TPSA) is 9.23 Å². The normalized spacial score (nSPS) is 10.4. The Hall–Kier alpha value is -0.0200. The second-order valence-corrected chi connectivity index (χ2v) is 5.02. The summed E-state index contributed by atoms with van der Waals surface area (Å²) in [6.07, 6.45) is 2.27. The smallest absolute Gasteiger partial charge is 0.126 e. The molecule has 0 aliphatic carbocycles. The lowest BCUT2D eigenvalue weighted by molar-refractivity contribution is 0.305. The van der Waals surface area contributed by atoms with E-state index in [9.17, 15) is 0 Å². The van der Waals surface area contributed by atoms with Crippen LogP contribution in [0.2, 0.25) is 0 Å². The zero-order chi connectivity index (χ0) is 11.3. The number of hydrogen-bond donors (Lipinski definition) is 0. The first kappa shape index (κ1) is 13.0. The standard InChI is InChI=1S/C12H16Br2O/c1-3-4-5-15-12-9(2)6-11(14)7-10(12)8-13/h6-7H,3-5,8H2,1-2H3. The first-order valence-electron chi connectivity index (χ1n) is 5.16. The number of benzene rings is 1. The molecule has 0 aromatic heterocycles. The Morgan fingerprint density at radius 2 is 2.07 bits per heavy atom. The molecule has 0 aliphatic heterocycles. The molecule has 0 saturated heterocycles. The van der Waals surface area contributed by atoms with Crippen LogP contribution in [-0.4, -0.2) is 6.61 Å². The molecule has 84 valence electrons. The van der Waals surface area contributed by atoms with E-state index in [0.717, 1.165) is 28.6 Å². The van der Waals surface area contributed by atoms with Crippen molar-refractivity contribution in [2.75, 3.05) is 6.61 Å². The molecule has 0 radical (unpaired) electrons. The highest BCUT2D eigenvalue weighted by atomic mass is 79.9. The third-order valence-electron chi connectivity index (χ3n) is 2.20. The lowest BCUT2D eigenvalue weighted by atomic mass is 10.1. The zero-order valence-electron chi connectivity index (χ0n) is 9.15. The number of halogens is 2. The molecule has 0 bridgehead atoms. The molecule has 1 nitrogen and oxygen atoms in total. The summed E-state index contributed by atoms with van der Waals surface area (Å²) in [5.74, 6) is 1.03. The Morgan fingerprint density at radius 1 is 1.33 bits per heavy atom. The number of aryl methyl sites for hydroxylation is 1. The van der Waals surface area contributed by atoms with Crippen molar-refractivity contribution in [3.05, 3.63) is 27.7 Å². The Balaban J connectivity index is 2.84. The van der Waals surface area contributed by atoms with Crippen LogP contribution >= 0.6 is 31.9 Å². The van der Waals surface area contributed by atoms with Gasteiger partial charge >= 0.3 is 0 Å². The van der Waals surface area contributed by atoms with Crippen LogP contribution in [0.1, 0.15) is 30.9 Å². The van der Waals surface area contributed by atoms with E-state index in [1.54, 1.807) is 0 Å². The van der Waals surface area contributed by atoms with Crippen LogP contribution in [0.25, 0.3) is 0 Å². The molecular weight excluding hydrogens is 320 g/mol. The van der Waals surface area contributed by atoms with Crippen LogP contribution in [0.3, 0.4) is 0 Å². The first-order valence-corrected chi connectivity index (χ1v) is 7.08. The molecule has 0 spiro atoms. The average Bonchev–Trinajstić information content (AvgIpc) is 2.20. The van der Waals surface area contributed by atoms with Crippen molar-refractivity contribution in [2.24, 2.45) is 0 Å². The lowest BCUT2D eigenvalue weighted by Gasteiger charge is -2.13. The maximum atomic E-state index is 5.80. The monoisotopic (exact) mass is 334 g/mol. The predicted octanol–water partition coefficient (Wildman–Crippen LogP) is 4.83. The van der Waals surface area contributed by atoms with Crippen LogP contribution in [0.5, 0.6) is 5.75 Å². The molecule has 1 rings (SSSR count). The molecule has 3 heteroatoms. The number of rotatable bonds is 5. The van der Waals surface area contributed by atoms with Gasteiger partial charge in [-0.05, 0) is 31.0 Å². The molecule has 0 atom stereocenters. The van der Waals surface area contributed by atoms with Gasteiger partial charge < -0.3 is 4.74 Å². The molecule has 0 N–H and O–H groups in total. The Kier molecular flexibility index (Phi) is 5.69. The van der Waals surface area contributed by atoms with Gasteiger partial charge in [0.15, 0.2) is 0 Å². The second-order valence-electron chi connectivity index (χ2n) is 3.55. The van der Waals surface area contributed by atoms with E-state index < -0.39 is 0 Å². The molecule has 0 heterocycles. The van der Waals surface area contributed by atoms with Crippen molar-refractivity contribution in [3.8, 4) is 5.75 Å². The summed E-state index contributed by atoms with van der Waals surface area (Å²) in [6, 6.07) is 4.19. The summed E-state index contributed by atoms with van der Waals surface area (Å²) in [5, 5.41) is 0.828. The number of alkyl halides is 1. The fourth-order valence-electron chi connectivity index (χ4n) is 1.42. The highest BCUT2D eigenvalue weighted by molar-refractivity contribution is 9.10. The van der Waals surface area contributed by atoms with Crippen LogP contribution in [-0.2, 0) is 5.33 Å². The largest absolute Gasteiger partial charge is 0.493 e. The summed E-state index contributed by atoms with van der Waals surface area (Å²) in [7, 11) is 0. The summed E-state index contributed by atoms with van der Waals surface area (Å²) in [6.45, 7) is 5.06. The van der Waals surface area contributed by atoms with Crippen molar-refractivity contribution < 1.29 is 4.74 Å². The van der Waals surface area contributed by atoms with E-state index in [-0.39, 0.29) is 0 Å². The van der Waals surface area contributed by atoms with Crippen molar-refractivity contribution in [3.63, 3.8) is 0 Å². The number of ether oxygens (including phenoxy) is 1. The molecule has 0 saturated carbocycles. The lowest BCUT2D eigenvalue weighted by Crippen LogP contribution is -2.01. The van der Waals surface area contributed by atoms with Crippen molar-refractivity contribution >= 4 is 31.9 Å². The fourth-order valence-corrected chi connectivity index (χ4v) is 2.46. The van der Waals surface area contributed by atoms with Gasteiger partial charge in [-0.1, -0.05) is 45.2 Å². The fraction of sp³-hybridized carbons (Fsp3) is 0.500. The SMILES string of the molecule is CCCCOc1c(C)cc(Br)cc1CBr. The van der Waals surface area contributed by atoms with Crippen LogP contribution in [0, 0.1) is 6.92 Å². The molecular formula is C12H16Br2O. The average molecular weight is 336 g/mol. The van der Waals surface area contributed by atoms with E-state index in [1.165, 1.54) is 17.5 Å². The first-order chi connectivity index (χ1) is 7.19. The van der Waals surface area contributed by atoms with Gasteiger partial charge in [-0.3, -0.25) is 0 Å². The van der Waals surface area contributed by atoms with Gasteiger partial charge in [0, 0.05) is 15.4 Å². The highest BCUT2D eigenvalue weighted by Crippen LogP contribution is 2.29. The van der Waals surface area contributed by atoms with Gasteiger partial charge in [0.1, 0.15) is 5.75 Å². The quantitative estimate of drug-likeness (QED) is 0.553. The summed E-state index contributed by atoms with van der Waals surface area (Å²) in [4.78, 5) is 0. The van der Waals surface area contributed by atoms with E-state index >= 15 is 0 Å². The molecule has 0 aliphatic rings. The van der Waals surface area contributed by atoms with E-state index in [4.69, 9.17) is 4.74 Å². The minimum absolute atomic E-state index is 0.805. The van der Waals surface area contributed by atoms with Gasteiger partial charge in [-0.15, -0.1) is 0 Å². The van der Waals surface area contributed by atoms with E-state index in [1.807, 2.05) is 0 Å². The zero-order valence-corrected chi connectivity index (χ0v) is 12.3. The third kappa shape index (κ3) is 3.80. The van der Waals surface area contributed by atoms with Gasteiger partial charge in [0.25, 0.3) is 0 Å². The van der Waals surface area contributed by atoms with Crippen LogP contribution < -0.4 is 4.74 Å². The van der Waals surface area contributed by atoms with Crippen LogP contribution in [0.15, 0.2) is 16.6 Å². The molecule has 0 amide bonds. The minimum Gasteiger partial charge on any atom is -0.493 e. The highest BCUT2D eigenvalue weighted by Gasteiger charge is 2.07. The summed E-state index contributed by atoms with van der Waals surface area (Å²) < 4.78 is 6.91. The van der Waals surface area contributed by atoms with Crippen LogP contribution in [0.4, 0.5) is 0 Å². The van der Waals surface area contributed by atoms with Crippen molar-refractivity contribution in [1.29, 1.82) is 0 Å². The summed E-state index contributed by atoms with van der Waals surface area (Å²) >= 11 is 6.98. The minimum atomic E-state index is 0.805. The second kappa shape index (κ2) is 6.54. The van der Waals surface area contributed by atoms with Gasteiger partial charge in [0.2, 0.25) is 0 Å². The van der Waals surface area contributed by atoms with E-state index in [0.29, 0.717) is 0 Å². The molecule has 0 fully saturated rings. The summed E-state index contributed by atoms with van der Waals surface area (Å²) in [5.41, 5.74) is 2.40. The van der Waals surface area contributed by atoms with Crippen molar-refractivity contribution in [2.45, 2.75) is 32.0 Å². The molecule has 0 unspecified atom stereocenters. The van der Waals surface area contributed by atoms with E-state index in [2.05, 4.69) is 57.8 Å². The Bertz CT molecular complexity index is 324. The Labute approximate surface area is 108 Å². The van der Waals surface area contributed by atoms with Crippen molar-refractivity contribution in [1.82, 2.24) is 0 Å². The maximum Gasteiger partial charge on any atom is 0.126 e. The molecule has 15 heavy (non-hydrogen) atoms. The van der Waals surface area contributed by atoms with Gasteiger partial charge in [-0.2, -0.15) is 0 Å².